The number of rotatable bonds is 6. The summed E-state index contributed by atoms with van der Waals surface area (Å²) < 4.78 is 25.2. The van der Waals surface area contributed by atoms with Crippen LogP contribution in [0.25, 0.3) is 0 Å². The molecular weight excluding hydrogens is 372 g/mol. The van der Waals surface area contributed by atoms with Crippen LogP contribution in [0.5, 0.6) is 0 Å². The molecule has 1 aromatic carbocycles. The maximum atomic E-state index is 12.3. The molecule has 26 heavy (non-hydrogen) atoms. The number of hydrogen-bond acceptors (Lipinski definition) is 6. The average Bonchev–Trinajstić information content (AvgIpc) is 2.62. The summed E-state index contributed by atoms with van der Waals surface area (Å²) in [6.45, 7) is 1.72. The number of aromatic nitrogens is 1. The summed E-state index contributed by atoms with van der Waals surface area (Å²) in [4.78, 5) is 16.5. The normalized spacial score (nSPS) is 12.4. The van der Waals surface area contributed by atoms with E-state index in [0.29, 0.717) is 16.3 Å². The highest BCUT2D eigenvalue weighted by Gasteiger charge is 2.19. The van der Waals surface area contributed by atoms with Gasteiger partial charge in [-0.1, -0.05) is 17.8 Å². The lowest BCUT2D eigenvalue weighted by Gasteiger charge is -2.13. The van der Waals surface area contributed by atoms with Crippen LogP contribution in [-0.4, -0.2) is 43.0 Å². The topological polar surface area (TPSA) is 103 Å². The summed E-state index contributed by atoms with van der Waals surface area (Å²) in [7, 11) is -0.630. The molecule has 1 N–H and O–H groups in total. The van der Waals surface area contributed by atoms with Crippen LogP contribution in [0.3, 0.4) is 0 Å². The molecule has 0 bridgehead atoms. The van der Waals surface area contributed by atoms with Crippen molar-refractivity contribution >= 4 is 33.4 Å². The number of amides is 1. The lowest BCUT2D eigenvalue weighted by atomic mass is 10.2. The van der Waals surface area contributed by atoms with Crippen molar-refractivity contribution in [2.75, 3.05) is 19.4 Å². The second-order valence-electron chi connectivity index (χ2n) is 5.56. The number of thioether (sulfide) groups is 1. The maximum absolute atomic E-state index is 12.3. The fourth-order valence-electron chi connectivity index (χ4n) is 1.94. The summed E-state index contributed by atoms with van der Waals surface area (Å²) in [5.41, 5.74) is 1.00. The minimum atomic E-state index is -3.53. The lowest BCUT2D eigenvalue weighted by molar-refractivity contribution is -0.115. The Kier molecular flexibility index (Phi) is 6.37. The van der Waals surface area contributed by atoms with Gasteiger partial charge in [-0.25, -0.2) is 17.7 Å². The van der Waals surface area contributed by atoms with Crippen molar-refractivity contribution in [2.24, 2.45) is 0 Å². The van der Waals surface area contributed by atoms with E-state index in [1.807, 2.05) is 6.07 Å². The number of anilines is 1. The molecule has 2 aromatic rings. The predicted molar refractivity (Wildman–Crippen MR) is 100 cm³/mol. The molecule has 0 aliphatic rings. The summed E-state index contributed by atoms with van der Waals surface area (Å²) in [6, 6.07) is 11.7. The van der Waals surface area contributed by atoms with Gasteiger partial charge in [-0.15, -0.1) is 0 Å². The zero-order valence-corrected chi connectivity index (χ0v) is 16.1. The van der Waals surface area contributed by atoms with Gasteiger partial charge in [-0.05, 0) is 37.3 Å². The fraction of sp³-hybridized carbons (Fsp3) is 0.235. The second-order valence-corrected chi connectivity index (χ2v) is 9.07. The molecule has 0 spiro atoms. The number of carbonyl (C=O) groups excluding carboxylic acids is 1. The van der Waals surface area contributed by atoms with E-state index in [-0.39, 0.29) is 10.8 Å². The van der Waals surface area contributed by atoms with Gasteiger partial charge in [0, 0.05) is 26.0 Å². The van der Waals surface area contributed by atoms with Gasteiger partial charge >= 0.3 is 0 Å². The number of pyridine rings is 1. The molecule has 136 valence electrons. The summed E-state index contributed by atoms with van der Waals surface area (Å²) in [5.74, 6) is -0.239. The third-order valence-corrected chi connectivity index (χ3v) is 6.26. The summed E-state index contributed by atoms with van der Waals surface area (Å²) in [5, 5.41) is 11.7. The Morgan fingerprint density at radius 2 is 2.04 bits per heavy atom. The van der Waals surface area contributed by atoms with Crippen molar-refractivity contribution < 1.29 is 13.2 Å². The monoisotopic (exact) mass is 390 g/mol. The van der Waals surface area contributed by atoms with Crippen LogP contribution in [0.1, 0.15) is 12.5 Å². The van der Waals surface area contributed by atoms with Crippen molar-refractivity contribution in [2.45, 2.75) is 22.1 Å². The summed E-state index contributed by atoms with van der Waals surface area (Å²) >= 11 is 1.21. The molecule has 1 heterocycles. The van der Waals surface area contributed by atoms with Crippen LogP contribution in [0.15, 0.2) is 52.5 Å². The first-order valence-corrected chi connectivity index (χ1v) is 9.92. The van der Waals surface area contributed by atoms with E-state index in [2.05, 4.69) is 10.3 Å². The van der Waals surface area contributed by atoms with Gasteiger partial charge in [0.05, 0.1) is 21.9 Å². The lowest BCUT2D eigenvalue weighted by Crippen LogP contribution is -2.23. The second kappa shape index (κ2) is 8.31. The zero-order valence-electron chi connectivity index (χ0n) is 14.5. The van der Waals surface area contributed by atoms with E-state index < -0.39 is 15.3 Å². The Morgan fingerprint density at radius 1 is 1.31 bits per heavy atom. The molecule has 0 radical (unpaired) electrons. The number of sulfonamides is 1. The molecule has 2 rings (SSSR count). The van der Waals surface area contributed by atoms with Crippen LogP contribution in [0.2, 0.25) is 0 Å². The minimum Gasteiger partial charge on any atom is -0.325 e. The third kappa shape index (κ3) is 4.82. The van der Waals surface area contributed by atoms with Crippen LogP contribution in [0.4, 0.5) is 5.69 Å². The first kappa shape index (κ1) is 19.9. The van der Waals surface area contributed by atoms with Gasteiger partial charge in [0.1, 0.15) is 4.90 Å². The highest BCUT2D eigenvalue weighted by atomic mass is 32.2. The van der Waals surface area contributed by atoms with E-state index >= 15 is 0 Å². The van der Waals surface area contributed by atoms with Gasteiger partial charge in [0.25, 0.3) is 0 Å². The van der Waals surface area contributed by atoms with Crippen molar-refractivity contribution in [1.29, 1.82) is 5.26 Å². The molecule has 0 fully saturated rings. The van der Waals surface area contributed by atoms with Gasteiger partial charge in [-0.3, -0.25) is 4.79 Å². The number of benzene rings is 1. The SMILES string of the molecule is C[C@H](Sc1ccc(S(=O)(=O)N(C)C)cn1)C(=O)Nc1cccc(C#N)c1. The molecule has 7 nitrogen and oxygen atoms in total. The molecule has 0 unspecified atom stereocenters. The Morgan fingerprint density at radius 3 is 2.62 bits per heavy atom. The first-order valence-electron chi connectivity index (χ1n) is 7.60. The van der Waals surface area contributed by atoms with Gasteiger partial charge < -0.3 is 5.32 Å². The van der Waals surface area contributed by atoms with Crippen molar-refractivity contribution in [1.82, 2.24) is 9.29 Å². The predicted octanol–water partition coefficient (Wildman–Crippen LogP) is 2.32. The molecule has 0 saturated heterocycles. The Hall–Kier alpha value is -2.41. The van der Waals surface area contributed by atoms with Crippen LogP contribution < -0.4 is 5.32 Å². The highest BCUT2D eigenvalue weighted by Crippen LogP contribution is 2.24. The standard InChI is InChI=1S/C17H18N4O3S2/c1-12(17(22)20-14-6-4-5-13(9-14)10-18)25-16-8-7-15(11-19-16)26(23,24)21(2)3/h4-9,11-12H,1-3H3,(H,20,22)/t12-/m0/s1. The Bertz CT molecular complexity index is 935. The quantitative estimate of drug-likeness (QED) is 0.759. The molecule has 1 aromatic heterocycles. The van der Waals surface area contributed by atoms with Crippen LogP contribution in [-0.2, 0) is 14.8 Å². The largest absolute Gasteiger partial charge is 0.325 e. The molecule has 0 aliphatic carbocycles. The minimum absolute atomic E-state index is 0.0947. The molecular formula is C17H18N4O3S2. The molecule has 1 amide bonds. The average molecular weight is 390 g/mol. The van der Waals surface area contributed by atoms with E-state index in [4.69, 9.17) is 5.26 Å². The van der Waals surface area contributed by atoms with Crippen LogP contribution in [0, 0.1) is 11.3 Å². The number of nitrogens with one attached hydrogen (secondary N) is 1. The maximum Gasteiger partial charge on any atom is 0.244 e. The smallest absolute Gasteiger partial charge is 0.244 e. The number of nitriles is 1. The molecule has 9 heteroatoms. The summed E-state index contributed by atoms with van der Waals surface area (Å²) in [6.07, 6.45) is 1.28. The zero-order chi connectivity index (χ0) is 19.3. The Balaban J connectivity index is 2.04. The first-order chi connectivity index (χ1) is 12.2. The van der Waals surface area contributed by atoms with Crippen molar-refractivity contribution in [3.8, 4) is 6.07 Å². The van der Waals surface area contributed by atoms with Gasteiger partial charge in [0.15, 0.2) is 0 Å². The number of carbonyl (C=O) groups is 1. The van der Waals surface area contributed by atoms with E-state index in [1.54, 1.807) is 37.3 Å². The van der Waals surface area contributed by atoms with Crippen molar-refractivity contribution in [3.63, 3.8) is 0 Å². The number of hydrogen-bond donors (Lipinski definition) is 1. The van der Waals surface area contributed by atoms with Gasteiger partial charge in [-0.2, -0.15) is 5.26 Å². The third-order valence-electron chi connectivity index (χ3n) is 3.41. The molecule has 1 atom stereocenters. The number of nitrogens with zero attached hydrogens (tertiary/aromatic N) is 3. The van der Waals surface area contributed by atoms with Crippen LogP contribution >= 0.6 is 11.8 Å². The van der Waals surface area contributed by atoms with Gasteiger partial charge in [0.2, 0.25) is 15.9 Å². The highest BCUT2D eigenvalue weighted by molar-refractivity contribution is 8.00. The molecule has 0 saturated carbocycles. The Labute approximate surface area is 157 Å². The fourth-order valence-corrected chi connectivity index (χ4v) is 3.58. The van der Waals surface area contributed by atoms with E-state index in [0.717, 1.165) is 4.31 Å². The van der Waals surface area contributed by atoms with E-state index in [1.165, 1.54) is 38.1 Å². The van der Waals surface area contributed by atoms with E-state index in [9.17, 15) is 13.2 Å². The molecule has 0 aliphatic heterocycles. The van der Waals surface area contributed by atoms with Crippen molar-refractivity contribution in [3.05, 3.63) is 48.2 Å².